The summed E-state index contributed by atoms with van der Waals surface area (Å²) in [5.41, 5.74) is 1.63. The second-order valence-corrected chi connectivity index (χ2v) is 7.46. The third kappa shape index (κ3) is 3.24. The van der Waals surface area contributed by atoms with Gasteiger partial charge in [0.25, 0.3) is 5.56 Å². The monoisotopic (exact) mass is 365 g/mol. The van der Waals surface area contributed by atoms with Crippen molar-refractivity contribution < 1.29 is 4.74 Å². The number of nitrogens with one attached hydrogen (secondary N) is 2. The maximum absolute atomic E-state index is 12.8. The zero-order chi connectivity index (χ0) is 17.9. The molecule has 0 amide bonds. The Morgan fingerprint density at radius 3 is 2.85 bits per heavy atom. The molecule has 0 unspecified atom stereocenters. The van der Waals surface area contributed by atoms with E-state index in [1.165, 1.54) is 11.3 Å². The molecular formula is C20H19N3O2S. The lowest BCUT2D eigenvalue weighted by Gasteiger charge is -2.23. The molecule has 0 spiro atoms. The molecule has 1 aliphatic rings. The predicted octanol–water partition coefficient (Wildman–Crippen LogP) is 3.51. The van der Waals surface area contributed by atoms with E-state index in [-0.39, 0.29) is 5.56 Å². The number of aromatic nitrogens is 1. The third-order valence-electron chi connectivity index (χ3n) is 4.79. The number of hydrogen-bond acceptors (Lipinski definition) is 5. The molecule has 0 radical (unpaired) electrons. The first-order chi connectivity index (χ1) is 12.8. The summed E-state index contributed by atoms with van der Waals surface area (Å²) in [6.07, 6.45) is 2.14. The molecule has 0 saturated carbocycles. The van der Waals surface area contributed by atoms with E-state index in [2.05, 4.69) is 16.4 Å². The molecule has 3 aromatic rings. The number of nitriles is 1. The molecule has 0 aliphatic carbocycles. The van der Waals surface area contributed by atoms with Gasteiger partial charge in [-0.05, 0) is 61.5 Å². The van der Waals surface area contributed by atoms with Crippen molar-refractivity contribution in [1.82, 2.24) is 10.3 Å². The Hall–Kier alpha value is -2.62. The first kappa shape index (κ1) is 16.8. The largest absolute Gasteiger partial charge is 0.492 e. The van der Waals surface area contributed by atoms with Crippen LogP contribution in [-0.4, -0.2) is 24.7 Å². The summed E-state index contributed by atoms with van der Waals surface area (Å²) in [7, 11) is 0. The Labute approximate surface area is 155 Å². The van der Waals surface area contributed by atoms with Crippen molar-refractivity contribution in [3.05, 3.63) is 51.6 Å². The highest BCUT2D eigenvalue weighted by Gasteiger charge is 2.20. The quantitative estimate of drug-likeness (QED) is 0.742. The van der Waals surface area contributed by atoms with Crippen LogP contribution in [0, 0.1) is 17.2 Å². The topological polar surface area (TPSA) is 77.9 Å². The van der Waals surface area contributed by atoms with Gasteiger partial charge in [-0.3, -0.25) is 4.79 Å². The maximum Gasteiger partial charge on any atom is 0.260 e. The van der Waals surface area contributed by atoms with E-state index in [1.54, 1.807) is 18.2 Å². The van der Waals surface area contributed by atoms with Gasteiger partial charge < -0.3 is 15.0 Å². The van der Waals surface area contributed by atoms with Crippen LogP contribution < -0.4 is 15.6 Å². The van der Waals surface area contributed by atoms with Crippen LogP contribution in [-0.2, 0) is 0 Å². The van der Waals surface area contributed by atoms with Crippen LogP contribution in [0.25, 0.3) is 21.3 Å². The Morgan fingerprint density at radius 2 is 2.12 bits per heavy atom. The molecule has 1 aliphatic heterocycles. The third-order valence-corrected chi connectivity index (χ3v) is 5.67. The summed E-state index contributed by atoms with van der Waals surface area (Å²) in [6, 6.07) is 11.3. The number of thiophene rings is 1. The maximum atomic E-state index is 12.8. The first-order valence-corrected chi connectivity index (χ1v) is 9.62. The van der Waals surface area contributed by atoms with Crippen LogP contribution >= 0.6 is 11.3 Å². The Bertz CT molecular complexity index is 1010. The molecule has 5 nitrogen and oxygen atoms in total. The van der Waals surface area contributed by atoms with Gasteiger partial charge in [0.15, 0.2) is 0 Å². The van der Waals surface area contributed by atoms with Crippen LogP contribution in [0.15, 0.2) is 40.5 Å². The van der Waals surface area contributed by atoms with Gasteiger partial charge in [0.05, 0.1) is 29.3 Å². The molecule has 0 atom stereocenters. The lowest BCUT2D eigenvalue weighted by molar-refractivity contribution is 0.217. The SMILES string of the molecule is N#Cc1ccc2[nH]c(=O)c(-c3cccs3)c(OCC3CCNCC3)c2c1. The predicted molar refractivity (Wildman–Crippen MR) is 104 cm³/mol. The molecule has 0 bridgehead atoms. The van der Waals surface area contributed by atoms with E-state index in [1.807, 2.05) is 17.5 Å². The lowest BCUT2D eigenvalue weighted by atomic mass is 9.99. The first-order valence-electron chi connectivity index (χ1n) is 8.74. The van der Waals surface area contributed by atoms with Crippen molar-refractivity contribution in [3.8, 4) is 22.3 Å². The van der Waals surface area contributed by atoms with E-state index in [4.69, 9.17) is 4.74 Å². The van der Waals surface area contributed by atoms with Crippen LogP contribution in [0.1, 0.15) is 18.4 Å². The molecule has 132 valence electrons. The molecule has 1 saturated heterocycles. The molecule has 4 rings (SSSR count). The van der Waals surface area contributed by atoms with Crippen molar-refractivity contribution in [2.75, 3.05) is 19.7 Å². The number of ether oxygens (including phenoxy) is 1. The number of aromatic amines is 1. The fourth-order valence-electron chi connectivity index (χ4n) is 3.38. The molecule has 2 N–H and O–H groups in total. The minimum atomic E-state index is -0.162. The van der Waals surface area contributed by atoms with Crippen molar-refractivity contribution in [3.63, 3.8) is 0 Å². The number of nitrogens with zero attached hydrogens (tertiary/aromatic N) is 1. The second-order valence-electron chi connectivity index (χ2n) is 6.51. The van der Waals surface area contributed by atoms with Crippen molar-refractivity contribution in [2.24, 2.45) is 5.92 Å². The average molecular weight is 365 g/mol. The Morgan fingerprint density at radius 1 is 1.27 bits per heavy atom. The summed E-state index contributed by atoms with van der Waals surface area (Å²) in [6.45, 7) is 2.58. The number of hydrogen-bond donors (Lipinski definition) is 2. The van der Waals surface area contributed by atoms with Crippen LogP contribution in [0.2, 0.25) is 0 Å². The van der Waals surface area contributed by atoms with Gasteiger partial charge in [-0.15, -0.1) is 11.3 Å². The van der Waals surface area contributed by atoms with Gasteiger partial charge in [-0.25, -0.2) is 0 Å². The molecule has 3 heterocycles. The molecular weight excluding hydrogens is 346 g/mol. The lowest BCUT2D eigenvalue weighted by Crippen LogP contribution is -2.30. The second kappa shape index (κ2) is 7.32. The molecule has 1 fully saturated rings. The fraction of sp³-hybridized carbons (Fsp3) is 0.300. The smallest absolute Gasteiger partial charge is 0.260 e. The minimum Gasteiger partial charge on any atom is -0.492 e. The van der Waals surface area contributed by atoms with Crippen LogP contribution in [0.5, 0.6) is 5.75 Å². The van der Waals surface area contributed by atoms with Crippen LogP contribution in [0.4, 0.5) is 0 Å². The van der Waals surface area contributed by atoms with E-state index >= 15 is 0 Å². The molecule has 6 heteroatoms. The van der Waals surface area contributed by atoms with Gasteiger partial charge in [-0.1, -0.05) is 6.07 Å². The van der Waals surface area contributed by atoms with Gasteiger partial charge in [0.1, 0.15) is 5.75 Å². The fourth-order valence-corrected chi connectivity index (χ4v) is 4.14. The Balaban J connectivity index is 1.83. The number of H-pyrrole nitrogens is 1. The summed E-state index contributed by atoms with van der Waals surface area (Å²) in [4.78, 5) is 16.6. The van der Waals surface area contributed by atoms with E-state index in [9.17, 15) is 10.1 Å². The van der Waals surface area contributed by atoms with E-state index in [0.29, 0.717) is 34.9 Å². The van der Waals surface area contributed by atoms with Gasteiger partial charge in [0, 0.05) is 10.3 Å². The zero-order valence-electron chi connectivity index (χ0n) is 14.2. The molecule has 26 heavy (non-hydrogen) atoms. The van der Waals surface area contributed by atoms with E-state index < -0.39 is 0 Å². The van der Waals surface area contributed by atoms with Crippen molar-refractivity contribution in [1.29, 1.82) is 5.26 Å². The highest BCUT2D eigenvalue weighted by Crippen LogP contribution is 2.36. The number of piperidine rings is 1. The van der Waals surface area contributed by atoms with Crippen molar-refractivity contribution in [2.45, 2.75) is 12.8 Å². The summed E-state index contributed by atoms with van der Waals surface area (Å²) in [5, 5.41) is 15.3. The van der Waals surface area contributed by atoms with Gasteiger partial charge in [0.2, 0.25) is 0 Å². The highest BCUT2D eigenvalue weighted by molar-refractivity contribution is 7.13. The minimum absolute atomic E-state index is 0.162. The standard InChI is InChI=1S/C20H19N3O2S/c21-11-14-3-4-16-15(10-14)19(25-12-13-5-7-22-8-6-13)18(20(24)23-16)17-2-1-9-26-17/h1-4,9-10,13,22H,5-8,12H2,(H,23,24). The number of fused-ring (bicyclic) bond motifs is 1. The van der Waals surface area contributed by atoms with E-state index in [0.717, 1.165) is 36.2 Å². The zero-order valence-corrected chi connectivity index (χ0v) is 15.1. The number of pyridine rings is 1. The number of benzene rings is 1. The Kier molecular flexibility index (Phi) is 4.74. The summed E-state index contributed by atoms with van der Waals surface area (Å²) < 4.78 is 6.24. The van der Waals surface area contributed by atoms with Gasteiger partial charge >= 0.3 is 0 Å². The van der Waals surface area contributed by atoms with Crippen LogP contribution in [0.3, 0.4) is 0 Å². The summed E-state index contributed by atoms with van der Waals surface area (Å²) >= 11 is 1.51. The van der Waals surface area contributed by atoms with Gasteiger partial charge in [-0.2, -0.15) is 5.26 Å². The summed E-state index contributed by atoms with van der Waals surface area (Å²) in [5.74, 6) is 1.06. The molecule has 1 aromatic carbocycles. The molecule has 2 aromatic heterocycles. The highest BCUT2D eigenvalue weighted by atomic mass is 32.1. The normalized spacial score (nSPS) is 15.0. The average Bonchev–Trinajstić information content (AvgIpc) is 3.20. The van der Waals surface area contributed by atoms with Crippen molar-refractivity contribution >= 4 is 22.2 Å². The number of rotatable bonds is 4.